The molecule has 0 aliphatic carbocycles. The monoisotopic (exact) mass is 285 g/mol. The molecule has 0 bridgehead atoms. The average molecular weight is 285 g/mol. The fraction of sp³-hybridized carbons (Fsp3) is 0.273. The highest BCUT2D eigenvalue weighted by Gasteiger charge is 2.30. The summed E-state index contributed by atoms with van der Waals surface area (Å²) in [4.78, 5) is 18.8. The largest absolute Gasteiger partial charge is 0.397 e. The van der Waals surface area contributed by atoms with Gasteiger partial charge in [0, 0.05) is 12.7 Å². The molecule has 0 spiro atoms. The van der Waals surface area contributed by atoms with Crippen molar-refractivity contribution in [3.8, 4) is 5.82 Å². The number of amides is 1. The summed E-state index contributed by atoms with van der Waals surface area (Å²) in [6.45, 7) is -0.0143. The number of hydrogen-bond acceptors (Lipinski definition) is 4. The minimum Gasteiger partial charge on any atom is -0.352 e. The van der Waals surface area contributed by atoms with Crippen LogP contribution < -0.4 is 5.32 Å². The van der Waals surface area contributed by atoms with Crippen LogP contribution in [-0.4, -0.2) is 31.8 Å². The summed E-state index contributed by atoms with van der Waals surface area (Å²) in [5.41, 5.74) is 0.587. The highest BCUT2D eigenvalue weighted by molar-refractivity contribution is 5.76. The molecule has 0 aliphatic rings. The number of halogens is 3. The van der Waals surface area contributed by atoms with Gasteiger partial charge in [0.1, 0.15) is 19.1 Å². The van der Waals surface area contributed by atoms with Gasteiger partial charge in [-0.2, -0.15) is 18.3 Å². The van der Waals surface area contributed by atoms with Crippen molar-refractivity contribution in [2.45, 2.75) is 19.1 Å². The summed E-state index contributed by atoms with van der Waals surface area (Å²) >= 11 is 0. The van der Waals surface area contributed by atoms with Crippen molar-refractivity contribution in [3.05, 3.63) is 36.5 Å². The molecule has 6 nitrogen and oxygen atoms in total. The molecule has 9 heteroatoms. The first-order valence-corrected chi connectivity index (χ1v) is 5.57. The van der Waals surface area contributed by atoms with Crippen LogP contribution in [0.2, 0.25) is 0 Å². The van der Waals surface area contributed by atoms with Gasteiger partial charge in [0.05, 0.1) is 0 Å². The predicted molar refractivity (Wildman–Crippen MR) is 61.7 cm³/mol. The number of alkyl halides is 3. The normalized spacial score (nSPS) is 11.3. The lowest BCUT2D eigenvalue weighted by Gasteiger charge is -2.08. The molecular weight excluding hydrogens is 275 g/mol. The molecule has 0 saturated carbocycles. The second kappa shape index (κ2) is 5.68. The van der Waals surface area contributed by atoms with Gasteiger partial charge in [-0.1, -0.05) is 6.07 Å². The van der Waals surface area contributed by atoms with Crippen LogP contribution in [0.3, 0.4) is 0 Å². The highest BCUT2D eigenvalue weighted by atomic mass is 19.4. The van der Waals surface area contributed by atoms with E-state index in [1.54, 1.807) is 12.1 Å². The van der Waals surface area contributed by atoms with Crippen molar-refractivity contribution in [1.82, 2.24) is 25.1 Å². The van der Waals surface area contributed by atoms with Gasteiger partial charge in [-0.3, -0.25) is 4.79 Å². The Balaban J connectivity index is 1.90. The number of aromatic nitrogens is 4. The molecule has 0 aliphatic heterocycles. The summed E-state index contributed by atoms with van der Waals surface area (Å²) in [6.07, 6.45) is -1.72. The fourth-order valence-corrected chi connectivity index (χ4v) is 1.43. The number of carbonyl (C=O) groups excluding carboxylic acids is 1. The van der Waals surface area contributed by atoms with Crippen molar-refractivity contribution >= 4 is 5.91 Å². The standard InChI is InChI=1S/C11H10F3N5O/c12-11(13,14)3-10(20)17-5-8-1-2-9(16-4-8)19-7-15-6-18-19/h1-2,4,6-7H,3,5H2,(H,17,20). The number of rotatable bonds is 4. The van der Waals surface area contributed by atoms with Crippen LogP contribution in [0.25, 0.3) is 5.82 Å². The van der Waals surface area contributed by atoms with Crippen LogP contribution >= 0.6 is 0 Å². The second-order valence-electron chi connectivity index (χ2n) is 3.93. The zero-order valence-electron chi connectivity index (χ0n) is 10.1. The summed E-state index contributed by atoms with van der Waals surface area (Å²) in [5.74, 6) is -0.550. The van der Waals surface area contributed by atoms with E-state index in [1.807, 2.05) is 0 Å². The van der Waals surface area contributed by atoms with Crippen molar-refractivity contribution in [3.63, 3.8) is 0 Å². The van der Waals surface area contributed by atoms with Crippen LogP contribution in [0.4, 0.5) is 13.2 Å². The quantitative estimate of drug-likeness (QED) is 0.917. The highest BCUT2D eigenvalue weighted by Crippen LogP contribution is 2.18. The van der Waals surface area contributed by atoms with E-state index in [0.29, 0.717) is 11.4 Å². The molecule has 2 heterocycles. The molecular formula is C11H10F3N5O. The minimum atomic E-state index is -4.50. The van der Waals surface area contributed by atoms with E-state index in [9.17, 15) is 18.0 Å². The smallest absolute Gasteiger partial charge is 0.352 e. The molecule has 2 aromatic heterocycles. The Labute approximate surface area is 111 Å². The van der Waals surface area contributed by atoms with E-state index in [2.05, 4.69) is 20.4 Å². The van der Waals surface area contributed by atoms with Crippen LogP contribution in [0.15, 0.2) is 31.0 Å². The zero-order chi connectivity index (χ0) is 14.6. The molecule has 0 aromatic carbocycles. The van der Waals surface area contributed by atoms with Crippen LogP contribution in [0.1, 0.15) is 12.0 Å². The average Bonchev–Trinajstić information content (AvgIpc) is 2.89. The number of carbonyl (C=O) groups is 1. The van der Waals surface area contributed by atoms with Gasteiger partial charge in [0.25, 0.3) is 0 Å². The predicted octanol–water partition coefficient (Wildman–Crippen LogP) is 1.23. The van der Waals surface area contributed by atoms with Crippen molar-refractivity contribution < 1.29 is 18.0 Å². The van der Waals surface area contributed by atoms with Crippen LogP contribution in [0, 0.1) is 0 Å². The van der Waals surface area contributed by atoms with Gasteiger partial charge in [0.15, 0.2) is 5.82 Å². The van der Waals surface area contributed by atoms with E-state index in [4.69, 9.17) is 0 Å². The number of nitrogens with zero attached hydrogens (tertiary/aromatic N) is 4. The molecule has 0 fully saturated rings. The Hall–Kier alpha value is -2.45. The van der Waals surface area contributed by atoms with Gasteiger partial charge in [-0.05, 0) is 11.6 Å². The fourth-order valence-electron chi connectivity index (χ4n) is 1.43. The van der Waals surface area contributed by atoms with Gasteiger partial charge >= 0.3 is 6.18 Å². The lowest BCUT2D eigenvalue weighted by Crippen LogP contribution is -2.28. The molecule has 0 atom stereocenters. The van der Waals surface area contributed by atoms with E-state index in [-0.39, 0.29) is 6.54 Å². The number of nitrogens with one attached hydrogen (secondary N) is 1. The molecule has 1 amide bonds. The first-order chi connectivity index (χ1) is 9.44. The molecule has 2 rings (SSSR count). The van der Waals surface area contributed by atoms with Gasteiger partial charge in [-0.15, -0.1) is 0 Å². The molecule has 2 aromatic rings. The summed E-state index contributed by atoms with van der Waals surface area (Å²) in [6, 6.07) is 3.26. The number of pyridine rings is 1. The van der Waals surface area contributed by atoms with Gasteiger partial charge < -0.3 is 5.32 Å². The first-order valence-electron chi connectivity index (χ1n) is 5.57. The first kappa shape index (κ1) is 14.0. The van der Waals surface area contributed by atoms with Gasteiger partial charge in [0.2, 0.25) is 5.91 Å². The summed E-state index contributed by atoms with van der Waals surface area (Å²) in [7, 11) is 0. The Morgan fingerprint density at radius 3 is 2.70 bits per heavy atom. The molecule has 0 saturated heterocycles. The van der Waals surface area contributed by atoms with Crippen LogP contribution in [-0.2, 0) is 11.3 Å². The molecule has 0 radical (unpaired) electrons. The van der Waals surface area contributed by atoms with Gasteiger partial charge in [-0.25, -0.2) is 14.6 Å². The Kier molecular flexibility index (Phi) is 3.97. The van der Waals surface area contributed by atoms with Crippen molar-refractivity contribution in [2.75, 3.05) is 0 Å². The Morgan fingerprint density at radius 1 is 1.35 bits per heavy atom. The summed E-state index contributed by atoms with van der Waals surface area (Å²) in [5, 5.41) is 6.05. The van der Waals surface area contributed by atoms with Crippen molar-refractivity contribution in [1.29, 1.82) is 0 Å². The SMILES string of the molecule is O=C(CC(F)(F)F)NCc1ccc(-n2cncn2)nc1. The maximum atomic E-state index is 12.0. The third kappa shape index (κ3) is 4.04. The van der Waals surface area contributed by atoms with E-state index in [0.717, 1.165) is 0 Å². The minimum absolute atomic E-state index is 0.0143. The van der Waals surface area contributed by atoms with E-state index < -0.39 is 18.5 Å². The second-order valence-corrected chi connectivity index (χ2v) is 3.93. The van der Waals surface area contributed by atoms with Crippen molar-refractivity contribution in [2.24, 2.45) is 0 Å². The molecule has 1 N–H and O–H groups in total. The summed E-state index contributed by atoms with van der Waals surface area (Å²) < 4.78 is 37.3. The lowest BCUT2D eigenvalue weighted by molar-refractivity contribution is -0.153. The maximum absolute atomic E-state index is 12.0. The Morgan fingerprint density at radius 2 is 2.15 bits per heavy atom. The third-order valence-corrected chi connectivity index (χ3v) is 2.31. The van der Waals surface area contributed by atoms with E-state index >= 15 is 0 Å². The number of hydrogen-bond donors (Lipinski definition) is 1. The van der Waals surface area contributed by atoms with E-state index in [1.165, 1.54) is 23.5 Å². The third-order valence-electron chi connectivity index (χ3n) is 2.31. The molecule has 0 unspecified atom stereocenters. The van der Waals surface area contributed by atoms with Crippen LogP contribution in [0.5, 0.6) is 0 Å². The topological polar surface area (TPSA) is 72.7 Å². The molecule has 106 valence electrons. The maximum Gasteiger partial charge on any atom is 0.397 e. The lowest BCUT2D eigenvalue weighted by atomic mass is 10.2. The Bertz CT molecular complexity index is 565. The zero-order valence-corrected chi connectivity index (χ0v) is 10.1. The molecule has 20 heavy (non-hydrogen) atoms.